The van der Waals surface area contributed by atoms with Crippen LogP contribution in [0, 0.1) is 0 Å². The number of fused-ring (bicyclic) bond motifs is 1. The maximum absolute atomic E-state index is 11.7. The van der Waals surface area contributed by atoms with Gasteiger partial charge in [-0.3, -0.25) is 0 Å². The largest absolute Gasteiger partial charge is 0.493 e. The van der Waals surface area contributed by atoms with E-state index in [9.17, 15) is 9.59 Å². The SMILES string of the molecule is CCOC(=O)c1cc2cc(N)cc(OC)c2oc1=O. The highest BCUT2D eigenvalue weighted by Gasteiger charge is 2.16. The first-order valence-corrected chi connectivity index (χ1v) is 5.65. The number of nitrogens with two attached hydrogens (primary N) is 1. The Labute approximate surface area is 108 Å². The van der Waals surface area contributed by atoms with Gasteiger partial charge in [0.2, 0.25) is 0 Å². The second kappa shape index (κ2) is 5.01. The molecule has 2 rings (SSSR count). The van der Waals surface area contributed by atoms with Gasteiger partial charge in [-0.1, -0.05) is 0 Å². The Morgan fingerprint density at radius 1 is 1.37 bits per heavy atom. The minimum atomic E-state index is -0.769. The highest BCUT2D eigenvalue weighted by atomic mass is 16.5. The average Bonchev–Trinajstić information content (AvgIpc) is 2.38. The molecule has 1 aromatic heterocycles. The molecule has 0 atom stereocenters. The number of esters is 1. The molecule has 0 saturated heterocycles. The molecule has 100 valence electrons. The zero-order valence-electron chi connectivity index (χ0n) is 10.6. The third-order valence-corrected chi connectivity index (χ3v) is 2.54. The van der Waals surface area contributed by atoms with E-state index in [-0.39, 0.29) is 17.8 Å². The fourth-order valence-electron chi connectivity index (χ4n) is 1.73. The van der Waals surface area contributed by atoms with E-state index in [0.717, 1.165) is 0 Å². The minimum Gasteiger partial charge on any atom is -0.493 e. The third-order valence-electron chi connectivity index (χ3n) is 2.54. The van der Waals surface area contributed by atoms with E-state index in [1.165, 1.54) is 19.2 Å². The standard InChI is InChI=1S/C13H13NO5/c1-3-18-12(15)9-5-7-4-8(14)6-10(17-2)11(7)19-13(9)16/h4-6H,3,14H2,1-2H3. The summed E-state index contributed by atoms with van der Waals surface area (Å²) in [6.45, 7) is 1.83. The molecule has 0 bridgehead atoms. The summed E-state index contributed by atoms with van der Waals surface area (Å²) in [7, 11) is 1.44. The van der Waals surface area contributed by atoms with Gasteiger partial charge in [-0.05, 0) is 19.1 Å². The van der Waals surface area contributed by atoms with Crippen LogP contribution < -0.4 is 16.1 Å². The fourth-order valence-corrected chi connectivity index (χ4v) is 1.73. The Morgan fingerprint density at radius 3 is 2.74 bits per heavy atom. The molecule has 6 nitrogen and oxygen atoms in total. The lowest BCUT2D eigenvalue weighted by atomic mass is 10.1. The molecule has 0 fully saturated rings. The van der Waals surface area contributed by atoms with Gasteiger partial charge in [-0.2, -0.15) is 0 Å². The predicted molar refractivity (Wildman–Crippen MR) is 69.4 cm³/mol. The molecular formula is C13H13NO5. The molecule has 0 unspecified atom stereocenters. The summed E-state index contributed by atoms with van der Waals surface area (Å²) >= 11 is 0. The van der Waals surface area contributed by atoms with Gasteiger partial charge < -0.3 is 19.6 Å². The van der Waals surface area contributed by atoms with Crippen molar-refractivity contribution >= 4 is 22.6 Å². The second-order valence-electron chi connectivity index (χ2n) is 3.81. The lowest BCUT2D eigenvalue weighted by Crippen LogP contribution is -2.16. The van der Waals surface area contributed by atoms with Crippen molar-refractivity contribution in [1.82, 2.24) is 0 Å². The quantitative estimate of drug-likeness (QED) is 0.513. The summed E-state index contributed by atoms with van der Waals surface area (Å²) in [4.78, 5) is 23.4. The summed E-state index contributed by atoms with van der Waals surface area (Å²) in [5.41, 5.74) is 5.46. The third kappa shape index (κ3) is 2.37. The van der Waals surface area contributed by atoms with Gasteiger partial charge in [0.25, 0.3) is 0 Å². The topological polar surface area (TPSA) is 91.8 Å². The highest BCUT2D eigenvalue weighted by molar-refractivity contribution is 5.95. The number of methoxy groups -OCH3 is 1. The minimum absolute atomic E-state index is 0.165. The molecule has 1 heterocycles. The van der Waals surface area contributed by atoms with E-state index < -0.39 is 11.6 Å². The van der Waals surface area contributed by atoms with Crippen LogP contribution in [0.5, 0.6) is 5.75 Å². The van der Waals surface area contributed by atoms with Crippen molar-refractivity contribution in [2.24, 2.45) is 0 Å². The molecule has 0 aliphatic carbocycles. The Bertz CT molecular complexity index is 689. The lowest BCUT2D eigenvalue weighted by molar-refractivity contribution is 0.0521. The number of benzene rings is 1. The number of carbonyl (C=O) groups excluding carboxylic acids is 1. The van der Waals surface area contributed by atoms with Gasteiger partial charge in [-0.25, -0.2) is 9.59 Å². The van der Waals surface area contributed by atoms with Gasteiger partial charge in [0.05, 0.1) is 13.7 Å². The first-order valence-electron chi connectivity index (χ1n) is 5.65. The summed E-state index contributed by atoms with van der Waals surface area (Å²) in [6, 6.07) is 4.51. The van der Waals surface area contributed by atoms with Crippen LogP contribution in [0.4, 0.5) is 5.69 Å². The Kier molecular flexibility index (Phi) is 3.41. The maximum atomic E-state index is 11.7. The molecule has 6 heteroatoms. The molecular weight excluding hydrogens is 250 g/mol. The molecule has 0 saturated carbocycles. The van der Waals surface area contributed by atoms with Crippen LogP contribution in [0.25, 0.3) is 11.0 Å². The Morgan fingerprint density at radius 2 is 2.11 bits per heavy atom. The van der Waals surface area contributed by atoms with Crippen LogP contribution in [-0.4, -0.2) is 19.7 Å². The van der Waals surface area contributed by atoms with Crippen molar-refractivity contribution in [2.75, 3.05) is 19.5 Å². The van der Waals surface area contributed by atoms with E-state index in [4.69, 9.17) is 19.6 Å². The smallest absolute Gasteiger partial charge is 0.351 e. The van der Waals surface area contributed by atoms with Crippen LogP contribution in [0.1, 0.15) is 17.3 Å². The van der Waals surface area contributed by atoms with Crippen molar-refractivity contribution in [2.45, 2.75) is 6.92 Å². The highest BCUT2D eigenvalue weighted by Crippen LogP contribution is 2.28. The second-order valence-corrected chi connectivity index (χ2v) is 3.81. The normalized spacial score (nSPS) is 10.4. The van der Waals surface area contributed by atoms with Crippen LogP contribution in [0.2, 0.25) is 0 Å². The molecule has 19 heavy (non-hydrogen) atoms. The Hall–Kier alpha value is -2.50. The maximum Gasteiger partial charge on any atom is 0.351 e. The molecule has 2 N–H and O–H groups in total. The molecule has 0 spiro atoms. The van der Waals surface area contributed by atoms with Gasteiger partial charge in [0, 0.05) is 17.1 Å². The monoisotopic (exact) mass is 263 g/mol. The van der Waals surface area contributed by atoms with Crippen molar-refractivity contribution in [3.05, 3.63) is 34.2 Å². The summed E-state index contributed by atoms with van der Waals surface area (Å²) in [6.07, 6.45) is 0. The molecule has 0 amide bonds. The summed E-state index contributed by atoms with van der Waals surface area (Å²) < 4.78 is 15.0. The van der Waals surface area contributed by atoms with Crippen LogP contribution in [0.15, 0.2) is 27.4 Å². The number of carbonyl (C=O) groups is 1. The number of hydrogen-bond acceptors (Lipinski definition) is 6. The zero-order chi connectivity index (χ0) is 14.0. The van der Waals surface area contributed by atoms with E-state index in [2.05, 4.69) is 0 Å². The average molecular weight is 263 g/mol. The summed E-state index contributed by atoms with van der Waals surface area (Å²) in [5.74, 6) is -0.387. The van der Waals surface area contributed by atoms with Crippen LogP contribution in [-0.2, 0) is 4.74 Å². The Balaban J connectivity index is 2.69. The van der Waals surface area contributed by atoms with Crippen molar-refractivity contribution in [1.29, 1.82) is 0 Å². The van der Waals surface area contributed by atoms with Gasteiger partial charge in [-0.15, -0.1) is 0 Å². The van der Waals surface area contributed by atoms with Gasteiger partial charge >= 0.3 is 11.6 Å². The van der Waals surface area contributed by atoms with E-state index in [1.54, 1.807) is 13.0 Å². The van der Waals surface area contributed by atoms with Crippen molar-refractivity contribution in [3.63, 3.8) is 0 Å². The molecule has 0 aliphatic heterocycles. The molecule has 0 aliphatic rings. The van der Waals surface area contributed by atoms with Gasteiger partial charge in [0.15, 0.2) is 11.3 Å². The lowest BCUT2D eigenvalue weighted by Gasteiger charge is -2.07. The first kappa shape index (κ1) is 12.9. The number of anilines is 1. The van der Waals surface area contributed by atoms with Crippen LogP contribution in [0.3, 0.4) is 0 Å². The molecule has 2 aromatic rings. The number of ether oxygens (including phenoxy) is 2. The number of rotatable bonds is 3. The van der Waals surface area contributed by atoms with E-state index in [0.29, 0.717) is 16.8 Å². The van der Waals surface area contributed by atoms with Crippen molar-refractivity contribution < 1.29 is 18.7 Å². The number of nitrogen functional groups attached to an aromatic ring is 1. The van der Waals surface area contributed by atoms with Crippen molar-refractivity contribution in [3.8, 4) is 5.75 Å². The van der Waals surface area contributed by atoms with Crippen LogP contribution >= 0.6 is 0 Å². The zero-order valence-corrected chi connectivity index (χ0v) is 10.6. The van der Waals surface area contributed by atoms with Gasteiger partial charge in [0.1, 0.15) is 5.56 Å². The predicted octanol–water partition coefficient (Wildman–Crippen LogP) is 1.56. The summed E-state index contributed by atoms with van der Waals surface area (Å²) in [5, 5.41) is 0.500. The number of hydrogen-bond donors (Lipinski definition) is 1. The van der Waals surface area contributed by atoms with E-state index >= 15 is 0 Å². The molecule has 1 aromatic carbocycles. The molecule has 0 radical (unpaired) electrons. The van der Waals surface area contributed by atoms with E-state index in [1.807, 2.05) is 0 Å². The first-order chi connectivity index (χ1) is 9.06. The fraction of sp³-hybridized carbons (Fsp3) is 0.231.